The van der Waals surface area contributed by atoms with Gasteiger partial charge >= 0.3 is 0 Å². The van der Waals surface area contributed by atoms with E-state index in [2.05, 4.69) is 28.3 Å². The summed E-state index contributed by atoms with van der Waals surface area (Å²) in [6, 6.07) is 2.12. The van der Waals surface area contributed by atoms with Crippen LogP contribution in [0.1, 0.15) is 18.4 Å². The second kappa shape index (κ2) is 5.78. The van der Waals surface area contributed by atoms with E-state index in [4.69, 9.17) is 5.11 Å². The predicted molar refractivity (Wildman–Crippen MR) is 53.5 cm³/mol. The van der Waals surface area contributed by atoms with Gasteiger partial charge in [-0.1, -0.05) is 0 Å². The van der Waals surface area contributed by atoms with E-state index in [1.54, 1.807) is 0 Å². The van der Waals surface area contributed by atoms with Crippen LogP contribution < -0.4 is 5.32 Å². The topological polar surface area (TPSA) is 37.2 Å². The first-order valence-electron chi connectivity index (χ1n) is 4.77. The summed E-state index contributed by atoms with van der Waals surface area (Å²) in [5, 5.41) is 11.7. The molecule has 0 radical (unpaired) electrons. The molecular weight excluding hydrogens is 164 g/mol. The Balaban J connectivity index is 2.31. The quantitative estimate of drug-likeness (QED) is 0.643. The van der Waals surface area contributed by atoms with Gasteiger partial charge in [0.25, 0.3) is 0 Å². The number of rotatable bonds is 6. The molecule has 1 aromatic heterocycles. The van der Waals surface area contributed by atoms with Gasteiger partial charge in [-0.25, -0.2) is 0 Å². The molecule has 1 heterocycles. The maximum Gasteiger partial charge on any atom is 0.0431 e. The number of hydrogen-bond donors (Lipinski definition) is 2. The van der Waals surface area contributed by atoms with E-state index >= 15 is 0 Å². The maximum absolute atomic E-state index is 8.61. The van der Waals surface area contributed by atoms with Gasteiger partial charge in [0.05, 0.1) is 0 Å². The first kappa shape index (κ1) is 10.3. The summed E-state index contributed by atoms with van der Waals surface area (Å²) in [7, 11) is 1.95. The highest BCUT2D eigenvalue weighted by molar-refractivity contribution is 5.09. The lowest BCUT2D eigenvalue weighted by Gasteiger charge is -2.00. The number of nitrogens with zero attached hydrogens (tertiary/aromatic N) is 1. The fraction of sp³-hybridized carbons (Fsp3) is 0.600. The number of aryl methyl sites for hydroxylation is 1. The van der Waals surface area contributed by atoms with Gasteiger partial charge in [0.2, 0.25) is 0 Å². The van der Waals surface area contributed by atoms with E-state index in [9.17, 15) is 0 Å². The SMILES string of the molecule is CNCc1ccn(CCCCO)c1. The number of hydrogen-bond acceptors (Lipinski definition) is 2. The van der Waals surface area contributed by atoms with Gasteiger partial charge in [-0.05, 0) is 31.5 Å². The third kappa shape index (κ3) is 3.61. The summed E-state index contributed by atoms with van der Waals surface area (Å²) in [5.41, 5.74) is 1.31. The first-order valence-corrected chi connectivity index (χ1v) is 4.77. The third-order valence-electron chi connectivity index (χ3n) is 2.02. The van der Waals surface area contributed by atoms with Crippen molar-refractivity contribution in [3.63, 3.8) is 0 Å². The minimum atomic E-state index is 0.296. The molecule has 13 heavy (non-hydrogen) atoms. The summed E-state index contributed by atoms with van der Waals surface area (Å²) in [4.78, 5) is 0. The Morgan fingerprint density at radius 3 is 3.00 bits per heavy atom. The zero-order chi connectivity index (χ0) is 9.52. The highest BCUT2D eigenvalue weighted by atomic mass is 16.2. The van der Waals surface area contributed by atoms with E-state index in [-0.39, 0.29) is 0 Å². The number of aliphatic hydroxyl groups is 1. The Hall–Kier alpha value is -0.800. The molecule has 0 aliphatic heterocycles. The van der Waals surface area contributed by atoms with Crippen molar-refractivity contribution in [1.82, 2.24) is 9.88 Å². The van der Waals surface area contributed by atoms with Crippen molar-refractivity contribution in [3.05, 3.63) is 24.0 Å². The second-order valence-corrected chi connectivity index (χ2v) is 3.22. The highest BCUT2D eigenvalue weighted by Gasteiger charge is 1.94. The summed E-state index contributed by atoms with van der Waals surface area (Å²) >= 11 is 0. The molecule has 0 aliphatic carbocycles. The predicted octanol–water partition coefficient (Wildman–Crippen LogP) is 0.980. The molecule has 74 valence electrons. The molecule has 2 N–H and O–H groups in total. The van der Waals surface area contributed by atoms with Crippen LogP contribution in [0.3, 0.4) is 0 Å². The van der Waals surface area contributed by atoms with E-state index < -0.39 is 0 Å². The van der Waals surface area contributed by atoms with Gasteiger partial charge < -0.3 is 15.0 Å². The highest BCUT2D eigenvalue weighted by Crippen LogP contribution is 2.02. The van der Waals surface area contributed by atoms with Crippen LogP contribution in [0, 0.1) is 0 Å². The van der Waals surface area contributed by atoms with Crippen molar-refractivity contribution in [1.29, 1.82) is 0 Å². The molecule has 0 atom stereocenters. The van der Waals surface area contributed by atoms with Gasteiger partial charge in [0, 0.05) is 32.1 Å². The second-order valence-electron chi connectivity index (χ2n) is 3.22. The molecule has 0 aliphatic rings. The maximum atomic E-state index is 8.61. The molecule has 0 saturated heterocycles. The minimum absolute atomic E-state index is 0.296. The number of aromatic nitrogens is 1. The van der Waals surface area contributed by atoms with Gasteiger partial charge in [0.15, 0.2) is 0 Å². The molecule has 0 aromatic carbocycles. The van der Waals surface area contributed by atoms with Gasteiger partial charge in [-0.2, -0.15) is 0 Å². The fourth-order valence-corrected chi connectivity index (χ4v) is 1.34. The van der Waals surface area contributed by atoms with E-state index in [1.807, 2.05) is 7.05 Å². The van der Waals surface area contributed by atoms with Gasteiger partial charge in [0.1, 0.15) is 0 Å². The lowest BCUT2D eigenvalue weighted by atomic mass is 10.3. The van der Waals surface area contributed by atoms with Crippen LogP contribution in [0.15, 0.2) is 18.5 Å². The van der Waals surface area contributed by atoms with Gasteiger partial charge in [-0.15, -0.1) is 0 Å². The number of unbranched alkanes of at least 4 members (excludes halogenated alkanes) is 1. The van der Waals surface area contributed by atoms with Crippen LogP contribution in [-0.4, -0.2) is 23.3 Å². The molecule has 0 spiro atoms. The molecule has 3 heteroatoms. The van der Waals surface area contributed by atoms with Crippen molar-refractivity contribution in [2.24, 2.45) is 0 Å². The zero-order valence-electron chi connectivity index (χ0n) is 8.16. The molecule has 0 saturated carbocycles. The van der Waals surface area contributed by atoms with E-state index in [0.29, 0.717) is 6.61 Å². The van der Waals surface area contributed by atoms with Crippen molar-refractivity contribution in [2.45, 2.75) is 25.9 Å². The van der Waals surface area contributed by atoms with Crippen LogP contribution in [0.5, 0.6) is 0 Å². The molecular formula is C10H18N2O. The monoisotopic (exact) mass is 182 g/mol. The molecule has 1 aromatic rings. The Labute approximate surface area is 79.4 Å². The van der Waals surface area contributed by atoms with Crippen molar-refractivity contribution < 1.29 is 5.11 Å². The van der Waals surface area contributed by atoms with E-state index in [0.717, 1.165) is 25.9 Å². The Kier molecular flexibility index (Phi) is 4.57. The molecule has 0 unspecified atom stereocenters. The Morgan fingerprint density at radius 2 is 2.31 bits per heavy atom. The van der Waals surface area contributed by atoms with Crippen LogP contribution in [-0.2, 0) is 13.1 Å². The zero-order valence-corrected chi connectivity index (χ0v) is 8.16. The first-order chi connectivity index (χ1) is 6.36. The largest absolute Gasteiger partial charge is 0.396 e. The van der Waals surface area contributed by atoms with Gasteiger partial charge in [-0.3, -0.25) is 0 Å². The lowest BCUT2D eigenvalue weighted by Crippen LogP contribution is -2.04. The van der Waals surface area contributed by atoms with Crippen LogP contribution >= 0.6 is 0 Å². The number of aliphatic hydroxyl groups excluding tert-OH is 1. The summed E-state index contributed by atoms with van der Waals surface area (Å²) in [5.74, 6) is 0. The van der Waals surface area contributed by atoms with Crippen LogP contribution in [0.4, 0.5) is 0 Å². The third-order valence-corrected chi connectivity index (χ3v) is 2.02. The molecule has 0 bridgehead atoms. The molecule has 0 fully saturated rings. The molecule has 0 amide bonds. The Morgan fingerprint density at radius 1 is 1.46 bits per heavy atom. The number of nitrogens with one attached hydrogen (secondary N) is 1. The minimum Gasteiger partial charge on any atom is -0.396 e. The van der Waals surface area contributed by atoms with Crippen molar-refractivity contribution >= 4 is 0 Å². The standard InChI is InChI=1S/C10H18N2O/c1-11-8-10-4-6-12(9-10)5-2-3-7-13/h4,6,9,11,13H,2-3,5,7-8H2,1H3. The van der Waals surface area contributed by atoms with Crippen molar-refractivity contribution in [3.8, 4) is 0 Å². The smallest absolute Gasteiger partial charge is 0.0431 e. The average Bonchev–Trinajstić information content (AvgIpc) is 2.54. The Bertz CT molecular complexity index is 233. The summed E-state index contributed by atoms with van der Waals surface area (Å²) < 4.78 is 2.17. The normalized spacial score (nSPS) is 10.6. The molecule has 1 rings (SSSR count). The fourth-order valence-electron chi connectivity index (χ4n) is 1.34. The van der Waals surface area contributed by atoms with Crippen molar-refractivity contribution in [2.75, 3.05) is 13.7 Å². The summed E-state index contributed by atoms with van der Waals surface area (Å²) in [6.07, 6.45) is 6.17. The van der Waals surface area contributed by atoms with Crippen LogP contribution in [0.25, 0.3) is 0 Å². The average molecular weight is 182 g/mol. The van der Waals surface area contributed by atoms with E-state index in [1.165, 1.54) is 5.56 Å². The molecule has 3 nitrogen and oxygen atoms in total. The lowest BCUT2D eigenvalue weighted by molar-refractivity contribution is 0.281. The summed E-state index contributed by atoms with van der Waals surface area (Å²) in [6.45, 7) is 2.22. The van der Waals surface area contributed by atoms with Crippen LogP contribution in [0.2, 0.25) is 0 Å².